The molecule has 5 nitrogen and oxygen atoms in total. The fourth-order valence-electron chi connectivity index (χ4n) is 2.27. The van der Waals surface area contributed by atoms with Gasteiger partial charge >= 0.3 is 0 Å². The Morgan fingerprint density at radius 3 is 2.89 bits per heavy atom. The van der Waals surface area contributed by atoms with Gasteiger partial charge in [-0.1, -0.05) is 0 Å². The fourth-order valence-corrected chi connectivity index (χ4v) is 2.27. The molecule has 1 aromatic rings. The summed E-state index contributed by atoms with van der Waals surface area (Å²) < 4.78 is 0. The summed E-state index contributed by atoms with van der Waals surface area (Å²) in [5, 5.41) is 12.2. The quantitative estimate of drug-likeness (QED) is 0.804. The number of nitrogens with one attached hydrogen (secondary N) is 1. The number of aliphatic hydroxyl groups is 1. The highest BCUT2D eigenvalue weighted by Crippen LogP contribution is 2.19. The molecule has 0 saturated carbocycles. The van der Waals surface area contributed by atoms with E-state index in [1.807, 2.05) is 6.07 Å². The first-order valence-corrected chi connectivity index (χ1v) is 6.74. The van der Waals surface area contributed by atoms with Crippen LogP contribution in [-0.2, 0) is 0 Å². The van der Waals surface area contributed by atoms with Gasteiger partial charge in [-0.3, -0.25) is 0 Å². The van der Waals surface area contributed by atoms with E-state index in [0.29, 0.717) is 6.04 Å². The monoisotopic (exact) mass is 250 g/mol. The molecular formula is C13H22N4O. The standard InChI is InChI=1S/C13H22N4O/c1-11(5-4-8-18)16-12-9-13(15-10-14-12)17-6-2-3-7-17/h9-11,18H,2-8H2,1H3,(H,14,15,16). The summed E-state index contributed by atoms with van der Waals surface area (Å²) >= 11 is 0. The van der Waals surface area contributed by atoms with Gasteiger partial charge in [0.1, 0.15) is 18.0 Å². The van der Waals surface area contributed by atoms with Gasteiger partial charge in [-0.25, -0.2) is 9.97 Å². The van der Waals surface area contributed by atoms with Crippen molar-refractivity contribution in [2.24, 2.45) is 0 Å². The third-order valence-corrected chi connectivity index (χ3v) is 3.27. The highest BCUT2D eigenvalue weighted by Gasteiger charge is 2.14. The summed E-state index contributed by atoms with van der Waals surface area (Å²) in [6.07, 6.45) is 5.88. The average molecular weight is 250 g/mol. The van der Waals surface area contributed by atoms with Crippen molar-refractivity contribution in [1.82, 2.24) is 9.97 Å². The highest BCUT2D eigenvalue weighted by atomic mass is 16.2. The van der Waals surface area contributed by atoms with Crippen LogP contribution in [-0.4, -0.2) is 40.8 Å². The number of hydrogen-bond donors (Lipinski definition) is 2. The van der Waals surface area contributed by atoms with Gasteiger partial charge in [0, 0.05) is 31.8 Å². The number of aliphatic hydroxyl groups excluding tert-OH is 1. The molecule has 0 radical (unpaired) electrons. The smallest absolute Gasteiger partial charge is 0.134 e. The Morgan fingerprint density at radius 2 is 2.17 bits per heavy atom. The van der Waals surface area contributed by atoms with Crippen molar-refractivity contribution in [2.45, 2.75) is 38.6 Å². The molecule has 1 aliphatic heterocycles. The lowest BCUT2D eigenvalue weighted by Crippen LogP contribution is -2.20. The van der Waals surface area contributed by atoms with Gasteiger partial charge in [0.15, 0.2) is 0 Å². The summed E-state index contributed by atoms with van der Waals surface area (Å²) in [6.45, 7) is 4.54. The van der Waals surface area contributed by atoms with Crippen LogP contribution in [0.25, 0.3) is 0 Å². The van der Waals surface area contributed by atoms with Crippen molar-refractivity contribution in [3.63, 3.8) is 0 Å². The van der Waals surface area contributed by atoms with Gasteiger partial charge in [0.05, 0.1) is 0 Å². The molecular weight excluding hydrogens is 228 g/mol. The van der Waals surface area contributed by atoms with Crippen molar-refractivity contribution in [1.29, 1.82) is 0 Å². The van der Waals surface area contributed by atoms with E-state index in [4.69, 9.17) is 5.11 Å². The number of rotatable bonds is 6. The second-order valence-electron chi connectivity index (χ2n) is 4.87. The predicted octanol–water partition coefficient (Wildman–Crippen LogP) is 1.65. The molecule has 1 aliphatic rings. The van der Waals surface area contributed by atoms with E-state index < -0.39 is 0 Å². The molecule has 1 aromatic heterocycles. The predicted molar refractivity (Wildman–Crippen MR) is 72.9 cm³/mol. The number of anilines is 2. The minimum atomic E-state index is 0.245. The van der Waals surface area contributed by atoms with Gasteiger partial charge in [0.25, 0.3) is 0 Å². The third kappa shape index (κ3) is 3.57. The first kappa shape index (κ1) is 13.1. The van der Waals surface area contributed by atoms with Gasteiger partial charge in [-0.15, -0.1) is 0 Å². The molecule has 1 unspecified atom stereocenters. The van der Waals surface area contributed by atoms with Crippen LogP contribution in [0, 0.1) is 0 Å². The summed E-state index contributed by atoms with van der Waals surface area (Å²) in [4.78, 5) is 10.9. The Hall–Kier alpha value is -1.36. The van der Waals surface area contributed by atoms with Crippen LogP contribution in [0.5, 0.6) is 0 Å². The molecule has 0 bridgehead atoms. The lowest BCUT2D eigenvalue weighted by atomic mass is 10.2. The molecule has 1 fully saturated rings. The van der Waals surface area contributed by atoms with E-state index in [-0.39, 0.29) is 6.61 Å². The molecule has 1 saturated heterocycles. The number of nitrogens with zero attached hydrogens (tertiary/aromatic N) is 3. The van der Waals surface area contributed by atoms with Crippen LogP contribution in [0.4, 0.5) is 11.6 Å². The Balaban J connectivity index is 1.94. The molecule has 2 N–H and O–H groups in total. The lowest BCUT2D eigenvalue weighted by molar-refractivity contribution is 0.282. The molecule has 0 spiro atoms. The van der Waals surface area contributed by atoms with Crippen molar-refractivity contribution in [3.8, 4) is 0 Å². The fraction of sp³-hybridized carbons (Fsp3) is 0.692. The minimum Gasteiger partial charge on any atom is -0.396 e. The first-order valence-electron chi connectivity index (χ1n) is 6.74. The maximum Gasteiger partial charge on any atom is 0.134 e. The minimum absolute atomic E-state index is 0.245. The van der Waals surface area contributed by atoms with E-state index in [9.17, 15) is 0 Å². The Kier molecular flexibility index (Phi) is 4.75. The van der Waals surface area contributed by atoms with Crippen molar-refractivity contribution in [2.75, 3.05) is 29.9 Å². The van der Waals surface area contributed by atoms with Crippen LogP contribution in [0.3, 0.4) is 0 Å². The molecule has 0 aliphatic carbocycles. The van der Waals surface area contributed by atoms with Crippen LogP contribution < -0.4 is 10.2 Å². The largest absolute Gasteiger partial charge is 0.396 e. The summed E-state index contributed by atoms with van der Waals surface area (Å²) in [5.74, 6) is 1.89. The van der Waals surface area contributed by atoms with Crippen LogP contribution in [0.15, 0.2) is 12.4 Å². The molecule has 18 heavy (non-hydrogen) atoms. The SMILES string of the molecule is CC(CCCO)Nc1cc(N2CCCC2)ncn1. The average Bonchev–Trinajstić information content (AvgIpc) is 2.90. The molecule has 100 valence electrons. The zero-order chi connectivity index (χ0) is 12.8. The summed E-state index contributed by atoms with van der Waals surface area (Å²) in [7, 11) is 0. The molecule has 0 amide bonds. The first-order chi connectivity index (χ1) is 8.79. The van der Waals surface area contributed by atoms with Crippen LogP contribution in [0.1, 0.15) is 32.6 Å². The third-order valence-electron chi connectivity index (χ3n) is 3.27. The molecule has 2 heterocycles. The normalized spacial score (nSPS) is 16.9. The molecule has 2 rings (SSSR count). The second kappa shape index (κ2) is 6.54. The topological polar surface area (TPSA) is 61.3 Å². The van der Waals surface area contributed by atoms with Gasteiger partial charge in [-0.05, 0) is 32.6 Å². The highest BCUT2D eigenvalue weighted by molar-refractivity contribution is 5.49. The maximum absolute atomic E-state index is 8.81. The summed E-state index contributed by atoms with van der Waals surface area (Å²) in [6, 6.07) is 2.33. The maximum atomic E-state index is 8.81. The van der Waals surface area contributed by atoms with Crippen LogP contribution >= 0.6 is 0 Å². The van der Waals surface area contributed by atoms with E-state index in [1.165, 1.54) is 12.8 Å². The van der Waals surface area contributed by atoms with Crippen LogP contribution in [0.2, 0.25) is 0 Å². The van der Waals surface area contributed by atoms with E-state index in [1.54, 1.807) is 6.33 Å². The lowest BCUT2D eigenvalue weighted by Gasteiger charge is -2.18. The van der Waals surface area contributed by atoms with Gasteiger partial charge < -0.3 is 15.3 Å². The molecule has 1 atom stereocenters. The van der Waals surface area contributed by atoms with Gasteiger partial charge in [-0.2, -0.15) is 0 Å². The zero-order valence-electron chi connectivity index (χ0n) is 11.0. The van der Waals surface area contributed by atoms with E-state index in [2.05, 4.69) is 27.1 Å². The molecule has 5 heteroatoms. The van der Waals surface area contributed by atoms with Crippen molar-refractivity contribution < 1.29 is 5.11 Å². The zero-order valence-corrected chi connectivity index (χ0v) is 11.0. The van der Waals surface area contributed by atoms with Crippen molar-refractivity contribution >= 4 is 11.6 Å². The van der Waals surface area contributed by atoms with Gasteiger partial charge in [0.2, 0.25) is 0 Å². The van der Waals surface area contributed by atoms with E-state index >= 15 is 0 Å². The number of hydrogen-bond acceptors (Lipinski definition) is 5. The Morgan fingerprint density at radius 1 is 1.39 bits per heavy atom. The molecule has 0 aromatic carbocycles. The number of aromatic nitrogens is 2. The van der Waals surface area contributed by atoms with Crippen molar-refractivity contribution in [3.05, 3.63) is 12.4 Å². The van der Waals surface area contributed by atoms with E-state index in [0.717, 1.165) is 37.6 Å². The summed E-state index contributed by atoms with van der Waals surface area (Å²) in [5.41, 5.74) is 0. The Labute approximate surface area is 108 Å². The second-order valence-corrected chi connectivity index (χ2v) is 4.87. The Bertz CT molecular complexity index is 366.